The Hall–Kier alpha value is -1.64. The predicted octanol–water partition coefficient (Wildman–Crippen LogP) is 2.07. The van der Waals surface area contributed by atoms with E-state index in [1.54, 1.807) is 19.1 Å². The Morgan fingerprint density at radius 2 is 1.81 bits per heavy atom. The summed E-state index contributed by atoms with van der Waals surface area (Å²) >= 11 is 14.1. The molecule has 0 unspecified atom stereocenters. The van der Waals surface area contributed by atoms with E-state index in [-0.39, 0.29) is 5.17 Å². The minimum Gasteiger partial charge on any atom is -0.487 e. The molecule has 0 saturated carbocycles. The monoisotopic (exact) mass is 352 g/mol. The van der Waals surface area contributed by atoms with Gasteiger partial charge in [-0.3, -0.25) is 4.79 Å². The fourth-order valence-corrected chi connectivity index (χ4v) is 0.988. The van der Waals surface area contributed by atoms with Crippen LogP contribution in [0, 0.1) is 0 Å². The lowest BCUT2D eigenvalue weighted by Gasteiger charge is -2.02. The number of carbonyl (C=O) groups excluding carboxylic acids is 1. The van der Waals surface area contributed by atoms with Gasteiger partial charge in [-0.2, -0.15) is 0 Å². The Morgan fingerprint density at radius 3 is 2.10 bits per heavy atom. The molecule has 0 aliphatic carbocycles. The van der Waals surface area contributed by atoms with Crippen molar-refractivity contribution in [3.05, 3.63) is 34.9 Å². The second kappa shape index (κ2) is 14.8. The van der Waals surface area contributed by atoms with Crippen LogP contribution in [0.2, 0.25) is 5.02 Å². The molecule has 6 nitrogen and oxygen atoms in total. The van der Waals surface area contributed by atoms with E-state index >= 15 is 0 Å². The zero-order valence-electron chi connectivity index (χ0n) is 11.3. The molecule has 21 heavy (non-hydrogen) atoms. The van der Waals surface area contributed by atoms with Gasteiger partial charge in [0.15, 0.2) is 0 Å². The number of halogens is 1. The van der Waals surface area contributed by atoms with Gasteiger partial charge in [-0.05, 0) is 49.1 Å². The lowest BCUT2D eigenvalue weighted by atomic mass is 10.2. The van der Waals surface area contributed by atoms with E-state index in [0.717, 1.165) is 5.56 Å². The van der Waals surface area contributed by atoms with Gasteiger partial charge in [-0.25, -0.2) is 0 Å². The van der Waals surface area contributed by atoms with Crippen LogP contribution in [-0.2, 0) is 20.9 Å². The third kappa shape index (κ3) is 20.8. The quantitative estimate of drug-likeness (QED) is 0.558. The normalized spacial score (nSPS) is 8.10. The largest absolute Gasteiger partial charge is 0.487 e. The number of hydrogen-bond donors (Lipinski definition) is 3. The molecule has 0 aliphatic rings. The van der Waals surface area contributed by atoms with E-state index in [1.165, 1.54) is 0 Å². The van der Waals surface area contributed by atoms with Gasteiger partial charge < -0.3 is 26.0 Å². The van der Waals surface area contributed by atoms with Crippen molar-refractivity contribution in [2.75, 3.05) is 6.61 Å². The Labute approximate surface area is 139 Å². The second-order valence-electron chi connectivity index (χ2n) is 3.12. The van der Waals surface area contributed by atoms with Crippen molar-refractivity contribution < 1.29 is 19.4 Å². The summed E-state index contributed by atoms with van der Waals surface area (Å²) in [5.41, 5.74) is 10.5. The number of aliphatic hydroxyl groups is 1. The van der Waals surface area contributed by atoms with Gasteiger partial charge in [-0.1, -0.05) is 23.7 Å². The number of ether oxygens (including phenoxy) is 2. The lowest BCUT2D eigenvalue weighted by Crippen LogP contribution is -2.12. The first-order chi connectivity index (χ1) is 9.83. The number of aliphatic hydroxyl groups excluding tert-OH is 1. The van der Waals surface area contributed by atoms with Crippen molar-refractivity contribution in [1.82, 2.24) is 0 Å². The van der Waals surface area contributed by atoms with Crippen LogP contribution >= 0.6 is 36.0 Å². The van der Waals surface area contributed by atoms with Crippen molar-refractivity contribution in [3.8, 4) is 0 Å². The summed E-state index contributed by atoms with van der Waals surface area (Å²) in [6.07, 6.45) is 0. The van der Waals surface area contributed by atoms with Crippen LogP contribution in [0.15, 0.2) is 24.3 Å². The number of nitrogens with two attached hydrogens (primary N) is 2. The number of rotatable bonds is 4. The SMILES string of the molecule is CCOC=O.NC(=S)OCc1ccc(Cl)cc1.NC(O)=S. The van der Waals surface area contributed by atoms with Crippen LogP contribution in [0.3, 0.4) is 0 Å². The summed E-state index contributed by atoms with van der Waals surface area (Å²) < 4.78 is 9.09. The molecule has 0 saturated heterocycles. The van der Waals surface area contributed by atoms with Gasteiger partial charge in [0.2, 0.25) is 0 Å². The maximum Gasteiger partial charge on any atom is 0.293 e. The van der Waals surface area contributed by atoms with E-state index < -0.39 is 5.17 Å². The Balaban J connectivity index is 0. The van der Waals surface area contributed by atoms with Crippen LogP contribution < -0.4 is 11.5 Å². The average molecular weight is 353 g/mol. The summed E-state index contributed by atoms with van der Waals surface area (Å²) in [7, 11) is 0. The van der Waals surface area contributed by atoms with Crippen molar-refractivity contribution in [2.45, 2.75) is 13.5 Å². The fraction of sp³-hybridized carbons (Fsp3) is 0.250. The van der Waals surface area contributed by atoms with Crippen LogP contribution in [0.4, 0.5) is 0 Å². The summed E-state index contributed by atoms with van der Waals surface area (Å²) in [5.74, 6) is 0. The molecule has 0 aromatic heterocycles. The molecule has 0 bridgehead atoms. The third-order valence-electron chi connectivity index (χ3n) is 1.53. The molecule has 1 rings (SSSR count). The number of carbonyl (C=O) groups is 1. The standard InChI is InChI=1S/C8H8ClNOS.C3H6O2.CH3NOS/c9-7-3-1-6(2-4-7)5-11-8(10)12;1-2-5-3-4;2-1(3)4/h1-4H,5H2,(H2,10,12);3H,2H2,1H3;(H3,2,3,4). The second-order valence-corrected chi connectivity index (χ2v) is 4.38. The lowest BCUT2D eigenvalue weighted by molar-refractivity contribution is -0.128. The topological polar surface area (TPSA) is 108 Å². The summed E-state index contributed by atoms with van der Waals surface area (Å²) in [6, 6.07) is 7.31. The van der Waals surface area contributed by atoms with Gasteiger partial charge >= 0.3 is 0 Å². The number of hydrogen-bond acceptors (Lipinski definition) is 5. The zero-order valence-corrected chi connectivity index (χ0v) is 13.7. The van der Waals surface area contributed by atoms with Gasteiger partial charge in [0.25, 0.3) is 16.8 Å². The summed E-state index contributed by atoms with van der Waals surface area (Å²) in [6.45, 7) is 3.06. The first-order valence-corrected chi connectivity index (χ1v) is 6.73. The maximum absolute atomic E-state index is 9.18. The molecule has 0 heterocycles. The van der Waals surface area contributed by atoms with Crippen LogP contribution in [0.1, 0.15) is 12.5 Å². The first-order valence-electron chi connectivity index (χ1n) is 5.53. The van der Waals surface area contributed by atoms with Gasteiger partial charge in [0.05, 0.1) is 6.61 Å². The zero-order chi connectivity index (χ0) is 16.7. The minimum absolute atomic E-state index is 0.0601. The highest BCUT2D eigenvalue weighted by atomic mass is 35.5. The summed E-state index contributed by atoms with van der Waals surface area (Å²) in [5, 5.41) is 7.83. The smallest absolute Gasteiger partial charge is 0.293 e. The van der Waals surface area contributed by atoms with Crippen LogP contribution in [-0.4, -0.2) is 28.5 Å². The fourth-order valence-electron chi connectivity index (χ4n) is 0.803. The minimum atomic E-state index is -0.500. The molecule has 118 valence electrons. The number of benzene rings is 1. The first kappa shape index (κ1) is 21.7. The van der Waals surface area contributed by atoms with E-state index in [0.29, 0.717) is 24.7 Å². The number of thiocarbonyl (C=S) groups is 2. The molecule has 1 aromatic rings. The van der Waals surface area contributed by atoms with Crippen LogP contribution in [0.5, 0.6) is 0 Å². The van der Waals surface area contributed by atoms with E-state index in [9.17, 15) is 4.79 Å². The molecule has 0 aliphatic heterocycles. The van der Waals surface area contributed by atoms with Gasteiger partial charge in [-0.15, -0.1) is 0 Å². The molecular formula is C12H17ClN2O4S2. The van der Waals surface area contributed by atoms with Gasteiger partial charge in [0, 0.05) is 5.02 Å². The molecule has 5 N–H and O–H groups in total. The molecule has 9 heteroatoms. The highest BCUT2D eigenvalue weighted by Gasteiger charge is 1.93. The summed E-state index contributed by atoms with van der Waals surface area (Å²) in [4.78, 5) is 9.18. The maximum atomic E-state index is 9.18. The highest BCUT2D eigenvalue weighted by Crippen LogP contribution is 2.09. The molecule has 0 fully saturated rings. The molecule has 0 spiro atoms. The van der Waals surface area contributed by atoms with E-state index in [2.05, 4.69) is 34.9 Å². The third-order valence-corrected chi connectivity index (χ3v) is 1.90. The average Bonchev–Trinajstić information content (AvgIpc) is 2.39. The Bertz CT molecular complexity index is 426. The van der Waals surface area contributed by atoms with Crippen molar-refractivity contribution in [2.24, 2.45) is 11.5 Å². The van der Waals surface area contributed by atoms with Crippen molar-refractivity contribution in [3.63, 3.8) is 0 Å². The predicted molar refractivity (Wildman–Crippen MR) is 90.1 cm³/mol. The Kier molecular flexibility index (Phi) is 15.2. The Morgan fingerprint density at radius 1 is 1.33 bits per heavy atom. The van der Waals surface area contributed by atoms with Crippen LogP contribution in [0.25, 0.3) is 0 Å². The molecule has 1 aromatic carbocycles. The molecule has 0 radical (unpaired) electrons. The molecular weight excluding hydrogens is 336 g/mol. The molecule has 0 atom stereocenters. The van der Waals surface area contributed by atoms with E-state index in [1.807, 2.05) is 12.1 Å². The van der Waals surface area contributed by atoms with E-state index in [4.69, 9.17) is 27.2 Å². The van der Waals surface area contributed by atoms with Gasteiger partial charge in [0.1, 0.15) is 6.61 Å². The van der Waals surface area contributed by atoms with Crippen molar-refractivity contribution >= 4 is 52.9 Å². The molecule has 0 amide bonds. The highest BCUT2D eigenvalue weighted by molar-refractivity contribution is 7.80. The van der Waals surface area contributed by atoms with Crippen molar-refractivity contribution in [1.29, 1.82) is 0 Å².